The highest BCUT2D eigenvalue weighted by molar-refractivity contribution is 6.03. The summed E-state index contributed by atoms with van der Waals surface area (Å²) < 4.78 is 0. The molecular formula is C26H40BN3O. The summed E-state index contributed by atoms with van der Waals surface area (Å²) in [6, 6.07) is 19.2. The summed E-state index contributed by atoms with van der Waals surface area (Å²) in [7, 11) is 8.50. The summed E-state index contributed by atoms with van der Waals surface area (Å²) >= 11 is 0. The van der Waals surface area contributed by atoms with E-state index in [0.717, 1.165) is 22.0 Å². The van der Waals surface area contributed by atoms with Crippen molar-refractivity contribution in [3.05, 3.63) is 66.2 Å². The summed E-state index contributed by atoms with van der Waals surface area (Å²) in [5, 5.41) is 20.5. The topological polar surface area (TPSA) is 48.2 Å². The molecule has 168 valence electrons. The number of azo groups is 1. The van der Waals surface area contributed by atoms with Crippen LogP contribution in [0.5, 0.6) is 5.75 Å². The molecule has 0 bridgehead atoms. The van der Waals surface area contributed by atoms with E-state index in [2.05, 4.69) is 24.1 Å². The second-order valence-electron chi connectivity index (χ2n) is 6.32. The first-order valence-corrected chi connectivity index (χ1v) is 11.0. The minimum atomic E-state index is 0.181. The molecule has 0 unspecified atom stereocenters. The van der Waals surface area contributed by atoms with Gasteiger partial charge in [0.2, 0.25) is 0 Å². The quantitative estimate of drug-likeness (QED) is 0.334. The zero-order chi connectivity index (χ0) is 24.2. The number of aromatic hydroxyl groups is 1. The molecule has 31 heavy (non-hydrogen) atoms. The van der Waals surface area contributed by atoms with Gasteiger partial charge in [0.25, 0.3) is 0 Å². The molecule has 3 aromatic rings. The lowest BCUT2D eigenvalue weighted by atomic mass is 10.0. The molecule has 0 amide bonds. The van der Waals surface area contributed by atoms with Crippen LogP contribution in [0.2, 0.25) is 0 Å². The van der Waals surface area contributed by atoms with Gasteiger partial charge in [-0.1, -0.05) is 90.4 Å². The van der Waals surface area contributed by atoms with Crippen LogP contribution >= 0.6 is 0 Å². The van der Waals surface area contributed by atoms with E-state index < -0.39 is 0 Å². The number of phenolic OH excluding ortho intramolecular Hbond substituents is 1. The Morgan fingerprint density at radius 2 is 1.29 bits per heavy atom. The maximum Gasteiger partial charge on any atom is 0.181 e. The van der Waals surface area contributed by atoms with Gasteiger partial charge in [0, 0.05) is 5.39 Å². The first kappa shape index (κ1) is 30.5. The van der Waals surface area contributed by atoms with Crippen molar-refractivity contribution in [2.75, 3.05) is 14.1 Å². The monoisotopic (exact) mass is 421 g/mol. The van der Waals surface area contributed by atoms with Gasteiger partial charge in [-0.05, 0) is 50.2 Å². The van der Waals surface area contributed by atoms with Crippen molar-refractivity contribution in [2.24, 2.45) is 10.2 Å². The zero-order valence-corrected chi connectivity index (χ0v) is 20.8. The van der Waals surface area contributed by atoms with Crippen LogP contribution in [0.15, 0.2) is 70.9 Å². The number of hydrogen-bond donors (Lipinski definition) is 1. The first-order chi connectivity index (χ1) is 14.9. The fourth-order valence-electron chi connectivity index (χ4n) is 2.18. The number of nitrogens with zero attached hydrogens (tertiary/aromatic N) is 3. The maximum atomic E-state index is 10.4. The molecule has 1 N–H and O–H groups in total. The third kappa shape index (κ3) is 12.6. The van der Waals surface area contributed by atoms with E-state index in [1.165, 1.54) is 11.2 Å². The Morgan fingerprint density at radius 1 is 0.839 bits per heavy atom. The molecule has 0 aromatic heterocycles. The number of hydrogen-bond acceptors (Lipinski definition) is 4. The van der Waals surface area contributed by atoms with Crippen LogP contribution in [-0.2, 0) is 0 Å². The van der Waals surface area contributed by atoms with E-state index >= 15 is 0 Å². The normalized spacial score (nSPS) is 9.35. The van der Waals surface area contributed by atoms with Crippen molar-refractivity contribution >= 4 is 30.1 Å². The van der Waals surface area contributed by atoms with E-state index in [4.69, 9.17) is 7.98 Å². The number of phenols is 1. The summed E-state index contributed by atoms with van der Waals surface area (Å²) in [5.74, 6) is 0.181. The minimum absolute atomic E-state index is 0.181. The van der Waals surface area contributed by atoms with Crippen LogP contribution in [0.25, 0.3) is 10.8 Å². The lowest BCUT2D eigenvalue weighted by Gasteiger charge is -2.07. The summed E-state index contributed by atoms with van der Waals surface area (Å²) in [5.41, 5.74) is 2.19. The van der Waals surface area contributed by atoms with Gasteiger partial charge in [0.1, 0.15) is 5.69 Å². The highest BCUT2D eigenvalue weighted by Gasteiger charge is 2.09. The summed E-state index contributed by atoms with van der Waals surface area (Å²) in [4.78, 5) is 1.50. The molecule has 3 aromatic carbocycles. The van der Waals surface area contributed by atoms with Crippen LogP contribution in [0.1, 0.15) is 53.5 Å². The van der Waals surface area contributed by atoms with Gasteiger partial charge in [-0.2, -0.15) is 5.11 Å². The molecule has 0 spiro atoms. The Balaban J connectivity index is 0. The van der Waals surface area contributed by atoms with Gasteiger partial charge >= 0.3 is 0 Å². The predicted molar refractivity (Wildman–Crippen MR) is 139 cm³/mol. The second-order valence-corrected chi connectivity index (χ2v) is 6.32. The highest BCUT2D eigenvalue weighted by Crippen LogP contribution is 2.38. The Labute approximate surface area is 191 Å². The molecule has 3 rings (SSSR count). The Morgan fingerprint density at radius 3 is 1.81 bits per heavy atom. The van der Waals surface area contributed by atoms with Gasteiger partial charge in [-0.25, -0.2) is 0 Å². The number of benzene rings is 3. The molecule has 0 atom stereocenters. The highest BCUT2D eigenvalue weighted by atomic mass is 16.3. The molecule has 0 heterocycles. The van der Waals surface area contributed by atoms with Gasteiger partial charge in [-0.3, -0.25) is 0 Å². The summed E-state index contributed by atoms with van der Waals surface area (Å²) in [6.45, 7) is 14.2. The third-order valence-electron chi connectivity index (χ3n) is 3.21. The van der Waals surface area contributed by atoms with Gasteiger partial charge in [0.05, 0.1) is 5.69 Å². The van der Waals surface area contributed by atoms with Crippen molar-refractivity contribution < 1.29 is 5.11 Å². The van der Waals surface area contributed by atoms with E-state index in [-0.39, 0.29) is 5.75 Å². The van der Waals surface area contributed by atoms with Gasteiger partial charge < -0.3 is 9.92 Å². The van der Waals surface area contributed by atoms with E-state index in [1.54, 1.807) is 14.1 Å². The lowest BCUT2D eigenvalue weighted by Crippen LogP contribution is -2.02. The molecule has 2 radical (unpaired) electrons. The molecule has 0 saturated carbocycles. The Hall–Kier alpha value is -2.66. The second kappa shape index (κ2) is 19.3. The molecule has 4 nitrogen and oxygen atoms in total. The van der Waals surface area contributed by atoms with Gasteiger partial charge in [-0.15, -0.1) is 5.11 Å². The van der Waals surface area contributed by atoms with E-state index in [0.29, 0.717) is 5.69 Å². The number of aryl methyl sites for hydroxylation is 1. The minimum Gasteiger partial charge on any atom is -0.505 e. The molecule has 0 aliphatic rings. The molecular weight excluding hydrogens is 381 g/mol. The summed E-state index contributed by atoms with van der Waals surface area (Å²) in [6.07, 6.45) is 1.25. The number of fused-ring (bicyclic) bond motifs is 1. The average Bonchev–Trinajstić information content (AvgIpc) is 2.77. The largest absolute Gasteiger partial charge is 0.505 e. The van der Waals surface area contributed by atoms with Crippen LogP contribution in [0.4, 0.5) is 11.4 Å². The lowest BCUT2D eigenvalue weighted by molar-refractivity contribution is 0.482. The van der Waals surface area contributed by atoms with E-state index in [1.807, 2.05) is 95.3 Å². The van der Waals surface area contributed by atoms with Crippen molar-refractivity contribution in [2.45, 2.75) is 54.9 Å². The van der Waals surface area contributed by atoms with E-state index in [9.17, 15) is 5.11 Å². The third-order valence-corrected chi connectivity index (χ3v) is 3.21. The smallest absolute Gasteiger partial charge is 0.181 e. The number of rotatable bonds is 2. The first-order valence-electron chi connectivity index (χ1n) is 11.0. The fourth-order valence-corrected chi connectivity index (χ4v) is 2.18. The molecule has 0 aliphatic heterocycles. The Bertz CT molecular complexity index is 847. The molecule has 5 heteroatoms. The SMILES string of the molecule is CC.CC.CCC.Cc1cc2ccccc2c(O)c1N=Nc1ccccc1.[B]N(C)C. The zero-order valence-electron chi connectivity index (χ0n) is 20.8. The van der Waals surface area contributed by atoms with Crippen LogP contribution < -0.4 is 0 Å². The molecule has 0 saturated heterocycles. The van der Waals surface area contributed by atoms with Gasteiger partial charge in [0.15, 0.2) is 13.7 Å². The predicted octanol–water partition coefficient (Wildman–Crippen LogP) is 8.37. The van der Waals surface area contributed by atoms with Crippen molar-refractivity contribution in [3.8, 4) is 5.75 Å². The van der Waals surface area contributed by atoms with Crippen LogP contribution in [-0.4, -0.2) is 32.0 Å². The van der Waals surface area contributed by atoms with Crippen molar-refractivity contribution in [1.29, 1.82) is 0 Å². The average molecular weight is 421 g/mol. The van der Waals surface area contributed by atoms with Crippen LogP contribution in [0.3, 0.4) is 0 Å². The van der Waals surface area contributed by atoms with Crippen molar-refractivity contribution in [3.63, 3.8) is 0 Å². The van der Waals surface area contributed by atoms with Crippen molar-refractivity contribution in [1.82, 2.24) is 4.81 Å². The molecule has 0 fully saturated rings. The standard InChI is InChI=1S/C17H14N2O.C3H8.C2H6BN.2C2H6/c1-12-11-13-7-5-6-10-15(13)17(20)16(12)19-18-14-8-3-2-4-9-14;1-3-2;1-4(2)3;2*1-2/h2-11,20H,1H3;3H2,1-2H3;1-2H3;2*1-2H3. The molecule has 0 aliphatic carbocycles. The Kier molecular flexibility index (Phi) is 19.0. The fraction of sp³-hybridized carbons (Fsp3) is 0.385. The van der Waals surface area contributed by atoms with Crippen LogP contribution in [0, 0.1) is 6.92 Å². The maximum absolute atomic E-state index is 10.4.